The summed E-state index contributed by atoms with van der Waals surface area (Å²) in [6.45, 7) is 1.47. The van der Waals surface area contributed by atoms with E-state index in [1.165, 1.54) is 37.3 Å². The second-order valence-electron chi connectivity index (χ2n) is 6.78. The molecule has 1 aliphatic heterocycles. The third-order valence-corrected chi connectivity index (χ3v) is 5.60. The van der Waals surface area contributed by atoms with Crippen LogP contribution in [-0.4, -0.2) is 16.9 Å². The zero-order valence-corrected chi connectivity index (χ0v) is 18.0. The Bertz CT molecular complexity index is 1240. The number of halogens is 4. The second kappa shape index (κ2) is 8.36. The first-order valence-electron chi connectivity index (χ1n) is 8.96. The van der Waals surface area contributed by atoms with Crippen molar-refractivity contribution in [3.8, 4) is 12.1 Å². The van der Waals surface area contributed by atoms with Crippen molar-refractivity contribution in [2.24, 2.45) is 5.73 Å². The Balaban J connectivity index is 2.25. The fourth-order valence-corrected chi connectivity index (χ4v) is 4.06. The van der Waals surface area contributed by atoms with Crippen molar-refractivity contribution in [1.29, 1.82) is 15.9 Å². The van der Waals surface area contributed by atoms with Gasteiger partial charge in [-0.2, -0.15) is 23.7 Å². The Morgan fingerprint density at radius 1 is 1.19 bits per heavy atom. The molecule has 0 radical (unpaired) electrons. The standard InChI is InChI=1S/C21H14BrF3N6O/c1-11-16(10-27)18(15-6-5-12(9-26)7-17(15)22)31(20(29)32)19(28)30(11)14-4-2-3-13(8-14)21(23,24)25/h2-8,18,28H,1H3,(H2,29,32)/t18-/m1/s1. The molecule has 11 heteroatoms. The van der Waals surface area contributed by atoms with Crippen LogP contribution in [0.15, 0.2) is 58.2 Å². The van der Waals surface area contributed by atoms with E-state index in [4.69, 9.17) is 16.4 Å². The Kier molecular flexibility index (Phi) is 5.97. The summed E-state index contributed by atoms with van der Waals surface area (Å²) in [6.07, 6.45) is -4.62. The second-order valence-corrected chi connectivity index (χ2v) is 7.63. The third-order valence-electron chi connectivity index (χ3n) is 4.91. The number of nitriles is 2. The highest BCUT2D eigenvalue weighted by Crippen LogP contribution is 2.42. The first-order valence-corrected chi connectivity index (χ1v) is 9.75. The number of primary amides is 1. The van der Waals surface area contributed by atoms with Crippen molar-refractivity contribution in [2.75, 3.05) is 4.90 Å². The summed E-state index contributed by atoms with van der Waals surface area (Å²) in [4.78, 5) is 14.2. The third kappa shape index (κ3) is 3.90. The number of hydrogen-bond donors (Lipinski definition) is 2. The summed E-state index contributed by atoms with van der Waals surface area (Å²) in [5.74, 6) is -0.519. The number of nitrogens with zero attached hydrogens (tertiary/aromatic N) is 4. The van der Waals surface area contributed by atoms with Gasteiger partial charge in [-0.3, -0.25) is 15.2 Å². The first kappa shape index (κ1) is 22.8. The van der Waals surface area contributed by atoms with E-state index in [-0.39, 0.29) is 17.0 Å². The van der Waals surface area contributed by atoms with E-state index in [0.717, 1.165) is 21.9 Å². The molecule has 3 N–H and O–H groups in total. The van der Waals surface area contributed by atoms with Crippen molar-refractivity contribution in [2.45, 2.75) is 19.1 Å². The van der Waals surface area contributed by atoms with Crippen molar-refractivity contribution < 1.29 is 18.0 Å². The fourth-order valence-electron chi connectivity index (χ4n) is 3.46. The molecule has 1 heterocycles. The van der Waals surface area contributed by atoms with Crippen LogP contribution in [0.2, 0.25) is 0 Å². The predicted octanol–water partition coefficient (Wildman–Crippen LogP) is 5.01. The Morgan fingerprint density at radius 3 is 2.41 bits per heavy atom. The lowest BCUT2D eigenvalue weighted by molar-refractivity contribution is -0.137. The normalized spacial score (nSPS) is 16.6. The van der Waals surface area contributed by atoms with E-state index < -0.39 is 29.8 Å². The van der Waals surface area contributed by atoms with Gasteiger partial charge >= 0.3 is 12.2 Å². The van der Waals surface area contributed by atoms with E-state index in [1.54, 1.807) is 0 Å². The molecule has 3 rings (SSSR count). The molecule has 0 saturated carbocycles. The number of carbonyl (C=O) groups is 1. The van der Waals surface area contributed by atoms with Crippen LogP contribution in [0.4, 0.5) is 23.7 Å². The number of nitrogens with one attached hydrogen (secondary N) is 1. The summed E-state index contributed by atoms with van der Waals surface area (Å²) in [6, 6.07) is 10.5. The summed E-state index contributed by atoms with van der Waals surface area (Å²) in [7, 11) is 0. The van der Waals surface area contributed by atoms with Gasteiger partial charge in [0.25, 0.3) is 0 Å². The van der Waals surface area contributed by atoms with Crippen LogP contribution in [-0.2, 0) is 6.18 Å². The van der Waals surface area contributed by atoms with Crippen molar-refractivity contribution in [1.82, 2.24) is 4.90 Å². The molecular formula is C21H14BrF3N6O. The zero-order chi connectivity index (χ0) is 23.8. The molecule has 162 valence electrons. The van der Waals surface area contributed by atoms with Crippen molar-refractivity contribution in [3.05, 3.63) is 74.9 Å². The predicted molar refractivity (Wildman–Crippen MR) is 113 cm³/mol. The Morgan fingerprint density at radius 2 is 1.88 bits per heavy atom. The number of rotatable bonds is 2. The number of amides is 2. The molecule has 0 saturated heterocycles. The van der Waals surface area contributed by atoms with E-state index in [2.05, 4.69) is 15.9 Å². The summed E-state index contributed by atoms with van der Waals surface area (Å²) in [5, 5.41) is 27.6. The van der Waals surface area contributed by atoms with E-state index >= 15 is 0 Å². The Hall–Kier alpha value is -3.83. The highest BCUT2D eigenvalue weighted by molar-refractivity contribution is 9.10. The quantitative estimate of drug-likeness (QED) is 0.598. The number of nitrogens with two attached hydrogens (primary N) is 1. The van der Waals surface area contributed by atoms with E-state index in [0.29, 0.717) is 15.6 Å². The summed E-state index contributed by atoms with van der Waals surface area (Å²) < 4.78 is 40.0. The van der Waals surface area contributed by atoms with Gasteiger partial charge in [0.05, 0.1) is 28.8 Å². The molecule has 32 heavy (non-hydrogen) atoms. The van der Waals surface area contributed by atoms with Crippen LogP contribution in [0.3, 0.4) is 0 Å². The van der Waals surface area contributed by atoms with Gasteiger partial charge in [-0.05, 0) is 42.8 Å². The zero-order valence-electron chi connectivity index (χ0n) is 16.4. The average Bonchev–Trinajstić information content (AvgIpc) is 2.72. The van der Waals surface area contributed by atoms with Crippen LogP contribution in [0.5, 0.6) is 0 Å². The maximum absolute atomic E-state index is 13.2. The van der Waals surface area contributed by atoms with Gasteiger partial charge in [-0.25, -0.2) is 4.79 Å². The van der Waals surface area contributed by atoms with Gasteiger partial charge < -0.3 is 5.73 Å². The van der Waals surface area contributed by atoms with Gasteiger partial charge in [0.1, 0.15) is 6.04 Å². The maximum atomic E-state index is 13.2. The fraction of sp³-hybridized carbons (Fsp3) is 0.143. The maximum Gasteiger partial charge on any atom is 0.416 e. The average molecular weight is 503 g/mol. The molecule has 2 amide bonds. The lowest BCUT2D eigenvalue weighted by Crippen LogP contribution is -2.54. The van der Waals surface area contributed by atoms with Gasteiger partial charge in [0.2, 0.25) is 5.96 Å². The number of carbonyl (C=O) groups excluding carboxylic acids is 1. The molecule has 0 aromatic heterocycles. The number of guanidine groups is 1. The molecule has 0 spiro atoms. The molecule has 0 bridgehead atoms. The molecule has 7 nitrogen and oxygen atoms in total. The number of alkyl halides is 3. The topological polar surface area (TPSA) is 121 Å². The molecule has 2 aromatic rings. The summed E-state index contributed by atoms with van der Waals surface area (Å²) in [5.41, 5.74) is 5.40. The molecule has 1 atom stereocenters. The number of urea groups is 1. The van der Waals surface area contributed by atoms with Crippen molar-refractivity contribution >= 4 is 33.6 Å². The van der Waals surface area contributed by atoms with Gasteiger partial charge in [-0.1, -0.05) is 28.1 Å². The lowest BCUT2D eigenvalue weighted by Gasteiger charge is -2.42. The van der Waals surface area contributed by atoms with Crippen molar-refractivity contribution in [3.63, 3.8) is 0 Å². The molecule has 0 unspecified atom stereocenters. The molecule has 1 aliphatic rings. The van der Waals surface area contributed by atoms with Gasteiger partial charge in [-0.15, -0.1) is 0 Å². The smallest absolute Gasteiger partial charge is 0.351 e. The molecular weight excluding hydrogens is 489 g/mol. The minimum absolute atomic E-state index is 0.00243. The first-order chi connectivity index (χ1) is 15.0. The van der Waals surface area contributed by atoms with Crippen LogP contribution in [0.25, 0.3) is 0 Å². The minimum atomic E-state index is -4.62. The summed E-state index contributed by atoms with van der Waals surface area (Å²) >= 11 is 3.32. The Labute approximate surface area is 189 Å². The van der Waals surface area contributed by atoms with Crippen LogP contribution < -0.4 is 10.6 Å². The van der Waals surface area contributed by atoms with Gasteiger partial charge in [0.15, 0.2) is 0 Å². The van der Waals surface area contributed by atoms with Crippen LogP contribution >= 0.6 is 15.9 Å². The highest BCUT2D eigenvalue weighted by Gasteiger charge is 2.42. The SMILES string of the molecule is CC1=C(C#N)[C@@H](c2ccc(C#N)cc2Br)N(C(N)=O)C(=N)N1c1cccc(C(F)(F)F)c1. The largest absolute Gasteiger partial charge is 0.416 e. The van der Waals surface area contributed by atoms with Crippen LogP contribution in [0.1, 0.15) is 29.7 Å². The van der Waals surface area contributed by atoms with E-state index in [1.807, 2.05) is 12.1 Å². The molecule has 0 fully saturated rings. The van der Waals surface area contributed by atoms with Gasteiger partial charge in [0, 0.05) is 15.9 Å². The lowest BCUT2D eigenvalue weighted by atomic mass is 9.93. The minimum Gasteiger partial charge on any atom is -0.351 e. The monoisotopic (exact) mass is 502 g/mol. The highest BCUT2D eigenvalue weighted by atomic mass is 79.9. The number of anilines is 1. The number of hydrogen-bond acceptors (Lipinski definition) is 4. The number of allylic oxidation sites excluding steroid dienone is 1. The molecule has 2 aromatic carbocycles. The number of benzene rings is 2. The molecule has 0 aliphatic carbocycles. The van der Waals surface area contributed by atoms with E-state index in [9.17, 15) is 23.2 Å². The van der Waals surface area contributed by atoms with Crippen LogP contribution in [0, 0.1) is 28.1 Å².